The van der Waals surface area contributed by atoms with Crippen molar-refractivity contribution >= 4 is 17.2 Å². The molecule has 2 rings (SSSR count). The highest BCUT2D eigenvalue weighted by atomic mass is 35.5. The molecule has 1 aromatic carbocycles. The van der Waals surface area contributed by atoms with E-state index in [1.165, 1.54) is 6.33 Å². The van der Waals surface area contributed by atoms with E-state index < -0.39 is 0 Å². The number of nitrogens with zero attached hydrogens (tertiary/aromatic N) is 2. The first kappa shape index (κ1) is 9.87. The summed E-state index contributed by atoms with van der Waals surface area (Å²) in [4.78, 5) is 7.95. The van der Waals surface area contributed by atoms with E-state index in [2.05, 4.69) is 16.5 Å². The summed E-state index contributed by atoms with van der Waals surface area (Å²) in [5.41, 5.74) is 2.63. The summed E-state index contributed by atoms with van der Waals surface area (Å²) in [5.74, 6) is 0. The molecule has 3 heteroatoms. The van der Waals surface area contributed by atoms with E-state index in [4.69, 9.17) is 11.6 Å². The molecule has 15 heavy (non-hydrogen) atoms. The van der Waals surface area contributed by atoms with E-state index in [-0.39, 0.29) is 0 Å². The van der Waals surface area contributed by atoms with E-state index in [0.29, 0.717) is 5.15 Å². The van der Waals surface area contributed by atoms with Crippen molar-refractivity contribution in [3.05, 3.63) is 65.7 Å². The second kappa shape index (κ2) is 4.24. The summed E-state index contributed by atoms with van der Waals surface area (Å²) in [5, 5.41) is 0.428. The molecule has 0 bridgehead atoms. The minimum atomic E-state index is 0.428. The Morgan fingerprint density at radius 3 is 2.53 bits per heavy atom. The normalized spacial score (nSPS) is 9.93. The van der Waals surface area contributed by atoms with Gasteiger partial charge in [-0.1, -0.05) is 48.5 Å². The maximum atomic E-state index is 5.78. The minimum Gasteiger partial charge on any atom is -0.236 e. The van der Waals surface area contributed by atoms with Gasteiger partial charge in [-0.3, -0.25) is 0 Å². The third kappa shape index (κ3) is 2.22. The molecule has 0 fully saturated rings. The zero-order chi connectivity index (χ0) is 10.7. The van der Waals surface area contributed by atoms with Crippen LogP contribution in [0.5, 0.6) is 0 Å². The molecule has 0 spiro atoms. The number of rotatable bonds is 2. The Bertz CT molecular complexity index is 480. The summed E-state index contributed by atoms with van der Waals surface area (Å²) in [6, 6.07) is 11.6. The molecule has 1 aromatic heterocycles. The minimum absolute atomic E-state index is 0.428. The highest BCUT2D eigenvalue weighted by Crippen LogP contribution is 2.20. The summed E-state index contributed by atoms with van der Waals surface area (Å²) in [6.07, 6.45) is 1.44. The van der Waals surface area contributed by atoms with Gasteiger partial charge in [0.1, 0.15) is 11.5 Å². The van der Waals surface area contributed by atoms with Crippen LogP contribution in [-0.4, -0.2) is 9.97 Å². The van der Waals surface area contributed by atoms with Gasteiger partial charge in [0.25, 0.3) is 0 Å². The molecule has 2 aromatic rings. The van der Waals surface area contributed by atoms with Gasteiger partial charge >= 0.3 is 0 Å². The third-order valence-electron chi connectivity index (χ3n) is 2.07. The standard InChI is InChI=1S/C12H9ClN2/c1-9(10-5-3-2-4-6-10)11-7-12(13)15-8-14-11/h2-8H,1H2. The van der Waals surface area contributed by atoms with E-state index in [9.17, 15) is 0 Å². The Morgan fingerprint density at radius 2 is 1.87 bits per heavy atom. The van der Waals surface area contributed by atoms with Crippen molar-refractivity contribution in [1.82, 2.24) is 9.97 Å². The molecule has 0 aliphatic heterocycles. The molecule has 0 saturated heterocycles. The Labute approximate surface area is 93.3 Å². The van der Waals surface area contributed by atoms with Crippen molar-refractivity contribution in [3.63, 3.8) is 0 Å². The van der Waals surface area contributed by atoms with Crippen molar-refractivity contribution in [1.29, 1.82) is 0 Å². The first-order valence-electron chi connectivity index (χ1n) is 4.49. The molecule has 0 amide bonds. The van der Waals surface area contributed by atoms with Crippen molar-refractivity contribution in [3.8, 4) is 0 Å². The molecule has 0 saturated carbocycles. The molecule has 0 aliphatic rings. The van der Waals surface area contributed by atoms with Gasteiger partial charge in [0.15, 0.2) is 0 Å². The average Bonchev–Trinajstić information content (AvgIpc) is 2.29. The largest absolute Gasteiger partial charge is 0.236 e. The Balaban J connectivity index is 2.37. The molecular weight excluding hydrogens is 208 g/mol. The maximum absolute atomic E-state index is 5.78. The van der Waals surface area contributed by atoms with Crippen LogP contribution in [0.15, 0.2) is 49.3 Å². The summed E-state index contributed by atoms with van der Waals surface area (Å²) < 4.78 is 0. The predicted molar refractivity (Wildman–Crippen MR) is 61.6 cm³/mol. The molecule has 0 N–H and O–H groups in total. The van der Waals surface area contributed by atoms with Gasteiger partial charge in [0.2, 0.25) is 0 Å². The van der Waals surface area contributed by atoms with Gasteiger partial charge in [-0.25, -0.2) is 9.97 Å². The molecule has 0 aliphatic carbocycles. The highest BCUT2D eigenvalue weighted by molar-refractivity contribution is 6.29. The predicted octanol–water partition coefficient (Wildman–Crippen LogP) is 3.19. The molecule has 1 heterocycles. The molecule has 0 radical (unpaired) electrons. The van der Waals surface area contributed by atoms with Gasteiger partial charge in [0, 0.05) is 11.6 Å². The molecular formula is C12H9ClN2. The van der Waals surface area contributed by atoms with Crippen LogP contribution in [0.1, 0.15) is 11.3 Å². The lowest BCUT2D eigenvalue weighted by Gasteiger charge is -2.04. The van der Waals surface area contributed by atoms with E-state index in [1.54, 1.807) is 6.07 Å². The Morgan fingerprint density at radius 1 is 1.13 bits per heavy atom. The lowest BCUT2D eigenvalue weighted by Crippen LogP contribution is -1.91. The smallest absolute Gasteiger partial charge is 0.133 e. The second-order valence-corrected chi connectivity index (χ2v) is 3.46. The topological polar surface area (TPSA) is 25.8 Å². The number of aromatic nitrogens is 2. The summed E-state index contributed by atoms with van der Waals surface area (Å²) in [6.45, 7) is 3.99. The molecule has 2 nitrogen and oxygen atoms in total. The van der Waals surface area contributed by atoms with Crippen LogP contribution in [0.2, 0.25) is 5.15 Å². The second-order valence-electron chi connectivity index (χ2n) is 3.07. The zero-order valence-corrected chi connectivity index (χ0v) is 8.78. The van der Waals surface area contributed by atoms with Gasteiger partial charge < -0.3 is 0 Å². The number of halogens is 1. The van der Waals surface area contributed by atoms with Crippen molar-refractivity contribution in [2.75, 3.05) is 0 Å². The van der Waals surface area contributed by atoms with Crippen LogP contribution in [-0.2, 0) is 0 Å². The molecule has 74 valence electrons. The number of hydrogen-bond acceptors (Lipinski definition) is 2. The fourth-order valence-corrected chi connectivity index (χ4v) is 1.43. The Kier molecular flexibility index (Phi) is 2.79. The maximum Gasteiger partial charge on any atom is 0.133 e. The highest BCUT2D eigenvalue weighted by Gasteiger charge is 2.03. The first-order chi connectivity index (χ1) is 7.27. The van der Waals surface area contributed by atoms with Crippen LogP contribution < -0.4 is 0 Å². The SMILES string of the molecule is C=C(c1ccccc1)c1cc(Cl)ncn1. The Hall–Kier alpha value is -1.67. The van der Waals surface area contributed by atoms with Crippen LogP contribution in [0.4, 0.5) is 0 Å². The summed E-state index contributed by atoms with van der Waals surface area (Å²) >= 11 is 5.78. The van der Waals surface area contributed by atoms with Crippen LogP contribution in [0.25, 0.3) is 5.57 Å². The quantitative estimate of drug-likeness (QED) is 0.721. The fraction of sp³-hybridized carbons (Fsp3) is 0. The molecule has 0 unspecified atom stereocenters. The van der Waals surface area contributed by atoms with Gasteiger partial charge in [0.05, 0.1) is 5.69 Å². The lowest BCUT2D eigenvalue weighted by molar-refractivity contribution is 1.14. The average molecular weight is 217 g/mol. The number of benzene rings is 1. The zero-order valence-electron chi connectivity index (χ0n) is 8.02. The van der Waals surface area contributed by atoms with Gasteiger partial charge in [-0.15, -0.1) is 0 Å². The van der Waals surface area contributed by atoms with Crippen LogP contribution >= 0.6 is 11.6 Å². The van der Waals surface area contributed by atoms with Gasteiger partial charge in [-0.2, -0.15) is 0 Å². The number of hydrogen-bond donors (Lipinski definition) is 0. The van der Waals surface area contributed by atoms with E-state index in [0.717, 1.165) is 16.8 Å². The van der Waals surface area contributed by atoms with E-state index in [1.807, 2.05) is 30.3 Å². The first-order valence-corrected chi connectivity index (χ1v) is 4.87. The molecule has 0 atom stereocenters. The van der Waals surface area contributed by atoms with Gasteiger partial charge in [-0.05, 0) is 5.56 Å². The van der Waals surface area contributed by atoms with Crippen molar-refractivity contribution in [2.45, 2.75) is 0 Å². The summed E-state index contributed by atoms with van der Waals surface area (Å²) in [7, 11) is 0. The lowest BCUT2D eigenvalue weighted by atomic mass is 10.1. The monoisotopic (exact) mass is 216 g/mol. The van der Waals surface area contributed by atoms with Crippen molar-refractivity contribution < 1.29 is 0 Å². The van der Waals surface area contributed by atoms with Crippen molar-refractivity contribution in [2.24, 2.45) is 0 Å². The van der Waals surface area contributed by atoms with Crippen LogP contribution in [0.3, 0.4) is 0 Å². The fourth-order valence-electron chi connectivity index (χ4n) is 1.29. The van der Waals surface area contributed by atoms with Crippen LogP contribution in [0, 0.1) is 0 Å². The van der Waals surface area contributed by atoms with E-state index >= 15 is 0 Å². The third-order valence-corrected chi connectivity index (χ3v) is 2.27.